The number of hydrogen-bond donors (Lipinski definition) is 0. The van der Waals surface area contributed by atoms with E-state index in [2.05, 4.69) is 38.2 Å². The molecule has 0 saturated carbocycles. The topological polar surface area (TPSA) is 0 Å². The van der Waals surface area contributed by atoms with Crippen LogP contribution in [0, 0.1) is 0 Å². The third-order valence-electron chi connectivity index (χ3n) is 7.52. The smallest absolute Gasteiger partial charge is 0.0351 e. The van der Waals surface area contributed by atoms with E-state index in [1.165, 1.54) is 186 Å². The van der Waals surface area contributed by atoms with Gasteiger partial charge in [-0.25, -0.2) is 0 Å². The maximum absolute atomic E-state index is 2.45. The average molecular weight is 489 g/mol. The zero-order chi connectivity index (χ0) is 25.3. The highest BCUT2D eigenvalue weighted by Crippen LogP contribution is 2.14. The molecule has 0 aliphatic heterocycles. The van der Waals surface area contributed by atoms with E-state index < -0.39 is 0 Å². The van der Waals surface area contributed by atoms with Crippen molar-refractivity contribution >= 4 is 0 Å². The highest BCUT2D eigenvalue weighted by atomic mass is 14.0. The summed E-state index contributed by atoms with van der Waals surface area (Å²) in [6, 6.07) is 0. The van der Waals surface area contributed by atoms with Gasteiger partial charge in [-0.3, -0.25) is 0 Å². The second kappa shape index (κ2) is 33.5. The van der Waals surface area contributed by atoms with Crippen LogP contribution in [0.1, 0.15) is 200 Å². The largest absolute Gasteiger partial charge is 0.0885 e. The summed E-state index contributed by atoms with van der Waals surface area (Å²) in [5.74, 6) is 0. The molecule has 0 aliphatic carbocycles. The van der Waals surface area contributed by atoms with Gasteiger partial charge in [0.2, 0.25) is 0 Å². The molecule has 0 fully saturated rings. The first-order valence-corrected chi connectivity index (χ1v) is 16.7. The highest BCUT2D eigenvalue weighted by molar-refractivity contribution is 4.82. The summed E-state index contributed by atoms with van der Waals surface area (Å²) in [5, 5.41) is 0. The van der Waals surface area contributed by atoms with E-state index >= 15 is 0 Å². The van der Waals surface area contributed by atoms with Gasteiger partial charge in [0, 0.05) is 0 Å². The normalized spacial score (nSPS) is 11.9. The zero-order valence-electron chi connectivity index (χ0n) is 24.8. The van der Waals surface area contributed by atoms with Crippen LogP contribution in [0.5, 0.6) is 0 Å². The standard InChI is InChI=1S/C35H68/c1-3-5-7-9-11-13-15-17-19-21-23-25-27-29-31-33-35-34-32-30-28-26-24-22-20-18-16-14-12-10-8-6-4-2/h13,15,29,31H,3-12,14,16-28,30,32-35H2,1-2H3. The maximum atomic E-state index is 2.45. The molecule has 0 radical (unpaired) electrons. The van der Waals surface area contributed by atoms with Crippen molar-refractivity contribution in [3.63, 3.8) is 0 Å². The van der Waals surface area contributed by atoms with Gasteiger partial charge in [-0.2, -0.15) is 0 Å². The van der Waals surface area contributed by atoms with Gasteiger partial charge in [0.15, 0.2) is 0 Å². The van der Waals surface area contributed by atoms with Crippen LogP contribution in [-0.4, -0.2) is 0 Å². The summed E-state index contributed by atoms with van der Waals surface area (Å²) >= 11 is 0. The molecule has 0 nitrogen and oxygen atoms in total. The van der Waals surface area contributed by atoms with Crippen molar-refractivity contribution in [3.8, 4) is 0 Å². The van der Waals surface area contributed by atoms with Crippen LogP contribution in [0.25, 0.3) is 0 Å². The molecule has 0 aromatic carbocycles. The zero-order valence-corrected chi connectivity index (χ0v) is 24.8. The van der Waals surface area contributed by atoms with E-state index in [0.29, 0.717) is 0 Å². The van der Waals surface area contributed by atoms with E-state index in [1.54, 1.807) is 0 Å². The summed E-state index contributed by atoms with van der Waals surface area (Å²) in [4.78, 5) is 0. The Hall–Kier alpha value is -0.520. The highest BCUT2D eigenvalue weighted by Gasteiger charge is 1.95. The molecule has 0 amide bonds. The Bertz CT molecular complexity index is 404. The predicted octanol–water partition coefficient (Wildman–Crippen LogP) is 13.5. The van der Waals surface area contributed by atoms with Gasteiger partial charge >= 0.3 is 0 Å². The Kier molecular flexibility index (Phi) is 33.0. The van der Waals surface area contributed by atoms with Gasteiger partial charge in [-0.05, 0) is 51.4 Å². The maximum Gasteiger partial charge on any atom is -0.0351 e. The van der Waals surface area contributed by atoms with Gasteiger partial charge in [-0.15, -0.1) is 0 Å². The Morgan fingerprint density at radius 1 is 0.229 bits per heavy atom. The minimum absolute atomic E-state index is 1.29. The summed E-state index contributed by atoms with van der Waals surface area (Å²) in [7, 11) is 0. The first kappa shape index (κ1) is 34.5. The fourth-order valence-electron chi connectivity index (χ4n) is 5.03. The molecule has 0 heterocycles. The Morgan fingerprint density at radius 2 is 0.400 bits per heavy atom. The molecule has 35 heavy (non-hydrogen) atoms. The van der Waals surface area contributed by atoms with Gasteiger partial charge in [0.05, 0.1) is 0 Å². The van der Waals surface area contributed by atoms with E-state index in [9.17, 15) is 0 Å². The van der Waals surface area contributed by atoms with E-state index in [0.717, 1.165) is 0 Å². The average Bonchev–Trinajstić information content (AvgIpc) is 2.87. The minimum Gasteiger partial charge on any atom is -0.0885 e. The van der Waals surface area contributed by atoms with Crippen molar-refractivity contribution < 1.29 is 0 Å². The quantitative estimate of drug-likeness (QED) is 0.0696. The van der Waals surface area contributed by atoms with Crippen LogP contribution in [0.3, 0.4) is 0 Å². The van der Waals surface area contributed by atoms with Crippen LogP contribution < -0.4 is 0 Å². The van der Waals surface area contributed by atoms with E-state index in [-0.39, 0.29) is 0 Å². The van der Waals surface area contributed by atoms with Crippen molar-refractivity contribution in [1.82, 2.24) is 0 Å². The molecule has 0 unspecified atom stereocenters. The van der Waals surface area contributed by atoms with Gasteiger partial charge < -0.3 is 0 Å². The van der Waals surface area contributed by atoms with E-state index in [1.807, 2.05) is 0 Å². The van der Waals surface area contributed by atoms with Crippen LogP contribution in [0.15, 0.2) is 24.3 Å². The molecule has 0 aromatic rings. The molecule has 0 N–H and O–H groups in total. The number of rotatable bonds is 30. The van der Waals surface area contributed by atoms with Gasteiger partial charge in [0.1, 0.15) is 0 Å². The SMILES string of the molecule is CCCCCCC=CCCCCCCC=CCCCCCCCCCCCCCCCCCCC. The lowest BCUT2D eigenvalue weighted by Crippen LogP contribution is -1.83. The third-order valence-corrected chi connectivity index (χ3v) is 7.52. The molecular formula is C35H68. The molecule has 0 heteroatoms. The fourth-order valence-corrected chi connectivity index (χ4v) is 5.03. The molecule has 0 spiro atoms. The second-order valence-electron chi connectivity index (χ2n) is 11.2. The lowest BCUT2D eigenvalue weighted by molar-refractivity contribution is 0.527. The van der Waals surface area contributed by atoms with Gasteiger partial charge in [-0.1, -0.05) is 173 Å². The molecule has 0 atom stereocenters. The molecule has 0 bridgehead atoms. The first-order chi connectivity index (χ1) is 17.4. The van der Waals surface area contributed by atoms with E-state index in [4.69, 9.17) is 0 Å². The van der Waals surface area contributed by atoms with Crippen LogP contribution in [-0.2, 0) is 0 Å². The first-order valence-electron chi connectivity index (χ1n) is 16.7. The molecule has 208 valence electrons. The summed E-state index contributed by atoms with van der Waals surface area (Å²) < 4.78 is 0. The van der Waals surface area contributed by atoms with Crippen molar-refractivity contribution in [2.45, 2.75) is 200 Å². The summed E-state index contributed by atoms with van der Waals surface area (Å²) in [6.07, 6.45) is 50.9. The molecule has 0 aromatic heterocycles. The van der Waals surface area contributed by atoms with Crippen LogP contribution in [0.2, 0.25) is 0 Å². The summed E-state index contributed by atoms with van der Waals surface area (Å²) in [5.41, 5.74) is 0. The van der Waals surface area contributed by atoms with Gasteiger partial charge in [0.25, 0.3) is 0 Å². The van der Waals surface area contributed by atoms with Crippen LogP contribution in [0.4, 0.5) is 0 Å². The Labute approximate surface area is 224 Å². The molecule has 0 saturated heterocycles. The Morgan fingerprint density at radius 3 is 0.629 bits per heavy atom. The number of hydrogen-bond acceptors (Lipinski definition) is 0. The monoisotopic (exact) mass is 489 g/mol. The predicted molar refractivity (Wildman–Crippen MR) is 164 cm³/mol. The molecule has 0 rings (SSSR count). The molecular weight excluding hydrogens is 420 g/mol. The van der Waals surface area contributed by atoms with Crippen LogP contribution >= 0.6 is 0 Å². The lowest BCUT2D eigenvalue weighted by atomic mass is 10.0. The van der Waals surface area contributed by atoms with Crippen molar-refractivity contribution in [1.29, 1.82) is 0 Å². The summed E-state index contributed by atoms with van der Waals surface area (Å²) in [6.45, 7) is 4.59. The second-order valence-corrected chi connectivity index (χ2v) is 11.2. The third kappa shape index (κ3) is 33.5. The molecule has 0 aliphatic rings. The Balaban J connectivity index is 3.11. The lowest BCUT2D eigenvalue weighted by Gasteiger charge is -2.03. The van der Waals surface area contributed by atoms with Crippen molar-refractivity contribution in [2.24, 2.45) is 0 Å². The number of unbranched alkanes of at least 4 members (excludes halogenated alkanes) is 26. The fraction of sp³-hybridized carbons (Fsp3) is 0.886. The van der Waals surface area contributed by atoms with Crippen molar-refractivity contribution in [3.05, 3.63) is 24.3 Å². The number of allylic oxidation sites excluding steroid dienone is 4. The van der Waals surface area contributed by atoms with Crippen molar-refractivity contribution in [2.75, 3.05) is 0 Å². The minimum atomic E-state index is 1.29.